The van der Waals surface area contributed by atoms with Crippen molar-refractivity contribution in [3.63, 3.8) is 0 Å². The minimum absolute atomic E-state index is 0.0893. The van der Waals surface area contributed by atoms with Crippen LogP contribution in [0.2, 0.25) is 0 Å². The van der Waals surface area contributed by atoms with Crippen molar-refractivity contribution < 1.29 is 17.9 Å². The first-order chi connectivity index (χ1) is 16.3. The molecule has 0 saturated carbocycles. The molecular weight excluding hydrogens is 462 g/mol. The molecule has 0 aromatic carbocycles. The third-order valence-electron chi connectivity index (χ3n) is 6.01. The molecule has 4 rings (SSSR count). The summed E-state index contributed by atoms with van der Waals surface area (Å²) in [4.78, 5) is 23.0. The molecule has 2 atom stereocenters. The molecule has 1 fully saturated rings. The summed E-state index contributed by atoms with van der Waals surface area (Å²) in [5.74, 6) is 0.358. The average Bonchev–Trinajstić information content (AvgIpc) is 3.26. The molecule has 1 aliphatic rings. The molecular formula is C21H27N7O5S. The largest absolute Gasteiger partial charge is 0.480 e. The lowest BCUT2D eigenvalue weighted by molar-refractivity contribution is 0.0704. The number of ether oxygens (including phenoxy) is 2. The third-order valence-corrected chi connectivity index (χ3v) is 7.87. The van der Waals surface area contributed by atoms with Crippen LogP contribution in [0.3, 0.4) is 0 Å². The summed E-state index contributed by atoms with van der Waals surface area (Å²) in [7, 11) is -2.41. The number of nitrogens with zero attached hydrogens (tertiary/aromatic N) is 5. The zero-order valence-electron chi connectivity index (χ0n) is 19.1. The number of sulfonamides is 1. The molecule has 34 heavy (non-hydrogen) atoms. The second-order valence-corrected chi connectivity index (χ2v) is 10.2. The van der Waals surface area contributed by atoms with Crippen molar-refractivity contribution in [3.8, 4) is 17.4 Å². The molecule has 0 bridgehead atoms. The van der Waals surface area contributed by atoms with Crippen LogP contribution >= 0.6 is 0 Å². The Labute approximate surface area is 196 Å². The van der Waals surface area contributed by atoms with Gasteiger partial charge in [-0.25, -0.2) is 13.4 Å². The molecule has 12 nitrogen and oxygen atoms in total. The monoisotopic (exact) mass is 489 g/mol. The smallest absolute Gasteiger partial charge is 0.248 e. The fraction of sp³-hybridized carbons (Fsp3) is 0.476. The SMILES string of the molecule is COc1cnc([C@@H](C)[C@H](C)S(=O)(=O)Nc2nnc(-c3cccc(=O)[nH]3)n2C2CCOCC2)cn1. The highest BCUT2D eigenvalue weighted by molar-refractivity contribution is 7.93. The molecule has 0 radical (unpaired) electrons. The van der Waals surface area contributed by atoms with Crippen LogP contribution in [0.1, 0.15) is 44.3 Å². The highest BCUT2D eigenvalue weighted by Gasteiger charge is 2.32. The molecule has 0 amide bonds. The molecule has 13 heteroatoms. The summed E-state index contributed by atoms with van der Waals surface area (Å²) in [5, 5.41) is 7.49. The number of hydrogen-bond donors (Lipinski definition) is 2. The first kappa shape index (κ1) is 23.8. The van der Waals surface area contributed by atoms with Crippen LogP contribution in [0.15, 0.2) is 35.4 Å². The fourth-order valence-electron chi connectivity index (χ4n) is 3.81. The van der Waals surface area contributed by atoms with Gasteiger partial charge in [0.2, 0.25) is 27.4 Å². The van der Waals surface area contributed by atoms with Crippen molar-refractivity contribution in [1.29, 1.82) is 0 Å². The van der Waals surface area contributed by atoms with Gasteiger partial charge >= 0.3 is 0 Å². The van der Waals surface area contributed by atoms with Gasteiger partial charge < -0.3 is 14.5 Å². The Morgan fingerprint density at radius 2 is 1.94 bits per heavy atom. The predicted molar refractivity (Wildman–Crippen MR) is 124 cm³/mol. The van der Waals surface area contributed by atoms with Gasteiger partial charge in [-0.2, -0.15) is 0 Å². The van der Waals surface area contributed by atoms with E-state index in [1.807, 2.05) is 0 Å². The average molecular weight is 490 g/mol. The Morgan fingerprint density at radius 3 is 2.59 bits per heavy atom. The van der Waals surface area contributed by atoms with E-state index in [0.717, 1.165) is 0 Å². The Morgan fingerprint density at radius 1 is 1.18 bits per heavy atom. The van der Waals surface area contributed by atoms with Gasteiger partial charge in [0, 0.05) is 31.2 Å². The summed E-state index contributed by atoms with van der Waals surface area (Å²) in [5.41, 5.74) is 0.684. The number of aromatic nitrogens is 6. The Bertz CT molecular complexity index is 1280. The van der Waals surface area contributed by atoms with Crippen molar-refractivity contribution in [2.45, 2.75) is 43.9 Å². The zero-order valence-corrected chi connectivity index (χ0v) is 19.9. The molecule has 1 aliphatic heterocycles. The number of methoxy groups -OCH3 is 1. The topological polar surface area (TPSA) is 154 Å². The predicted octanol–water partition coefficient (Wildman–Crippen LogP) is 1.72. The maximum Gasteiger partial charge on any atom is 0.248 e. The fourth-order valence-corrected chi connectivity index (χ4v) is 5.06. The first-order valence-corrected chi connectivity index (χ1v) is 12.4. The van der Waals surface area contributed by atoms with Gasteiger partial charge in [-0.15, -0.1) is 10.2 Å². The Hall–Kier alpha value is -3.32. The van der Waals surface area contributed by atoms with Crippen molar-refractivity contribution in [1.82, 2.24) is 29.7 Å². The van der Waals surface area contributed by atoms with E-state index in [9.17, 15) is 13.2 Å². The normalized spacial score (nSPS) is 16.7. The molecule has 0 unspecified atom stereocenters. The van der Waals surface area contributed by atoms with Gasteiger partial charge in [-0.3, -0.25) is 19.1 Å². The lowest BCUT2D eigenvalue weighted by atomic mass is 10.1. The number of nitrogens with one attached hydrogen (secondary N) is 2. The Balaban J connectivity index is 1.65. The molecule has 4 heterocycles. The summed E-state index contributed by atoms with van der Waals surface area (Å²) in [6.45, 7) is 4.43. The summed E-state index contributed by atoms with van der Waals surface area (Å²) in [6, 6.07) is 4.61. The number of rotatable bonds is 8. The zero-order chi connectivity index (χ0) is 24.3. The van der Waals surface area contributed by atoms with E-state index in [1.165, 1.54) is 25.6 Å². The molecule has 1 saturated heterocycles. The molecule has 3 aromatic rings. The standard InChI is InChI=1S/C21H27N7O5S/c1-13(17-11-23-19(32-3)12-22-17)14(2)34(30,31)27-21-26-25-20(16-5-4-6-18(29)24-16)28(21)15-7-9-33-10-8-15/h4-6,11-15H,7-10H2,1-3H3,(H,24,29)(H,26,27)/t13-,14-/m0/s1. The van der Waals surface area contributed by atoms with Gasteiger partial charge in [-0.1, -0.05) is 13.0 Å². The van der Waals surface area contributed by atoms with Crippen LogP contribution in [0.5, 0.6) is 5.88 Å². The van der Waals surface area contributed by atoms with Crippen molar-refractivity contribution in [3.05, 3.63) is 46.6 Å². The summed E-state index contributed by atoms with van der Waals surface area (Å²) in [6.07, 6.45) is 4.27. The van der Waals surface area contributed by atoms with Gasteiger partial charge in [0.15, 0.2) is 5.82 Å². The summed E-state index contributed by atoms with van der Waals surface area (Å²) < 4.78 is 41.5. The number of aromatic amines is 1. The van der Waals surface area contributed by atoms with Crippen LogP contribution in [0.25, 0.3) is 11.5 Å². The minimum atomic E-state index is -3.89. The molecule has 182 valence electrons. The number of pyridine rings is 1. The van der Waals surface area contributed by atoms with Crippen LogP contribution in [0.4, 0.5) is 5.95 Å². The first-order valence-electron chi connectivity index (χ1n) is 10.9. The van der Waals surface area contributed by atoms with E-state index in [4.69, 9.17) is 9.47 Å². The van der Waals surface area contributed by atoms with Crippen LogP contribution in [-0.4, -0.2) is 63.7 Å². The van der Waals surface area contributed by atoms with Crippen LogP contribution in [0, 0.1) is 0 Å². The second kappa shape index (κ2) is 9.89. The molecule has 0 spiro atoms. The lowest BCUT2D eigenvalue weighted by Gasteiger charge is -2.26. The molecule has 3 aromatic heterocycles. The Kier molecular flexibility index (Phi) is 6.93. The van der Waals surface area contributed by atoms with E-state index in [0.29, 0.717) is 49.1 Å². The van der Waals surface area contributed by atoms with Crippen LogP contribution in [-0.2, 0) is 14.8 Å². The van der Waals surface area contributed by atoms with Crippen molar-refractivity contribution in [2.24, 2.45) is 0 Å². The second-order valence-electron chi connectivity index (χ2n) is 8.11. The molecule has 2 N–H and O–H groups in total. The van der Waals surface area contributed by atoms with E-state index in [-0.39, 0.29) is 17.5 Å². The van der Waals surface area contributed by atoms with Gasteiger partial charge in [0.1, 0.15) is 0 Å². The van der Waals surface area contributed by atoms with E-state index in [2.05, 4.69) is 29.9 Å². The number of anilines is 1. The quantitative estimate of drug-likeness (QED) is 0.481. The van der Waals surface area contributed by atoms with Gasteiger partial charge in [-0.05, 0) is 25.8 Å². The van der Waals surface area contributed by atoms with Gasteiger partial charge in [0.25, 0.3) is 0 Å². The van der Waals surface area contributed by atoms with E-state index < -0.39 is 21.2 Å². The third kappa shape index (κ3) is 4.94. The number of H-pyrrole nitrogens is 1. The minimum Gasteiger partial charge on any atom is -0.480 e. The maximum absolute atomic E-state index is 13.3. The lowest BCUT2D eigenvalue weighted by Crippen LogP contribution is -2.32. The maximum atomic E-state index is 13.3. The molecule has 0 aliphatic carbocycles. The highest BCUT2D eigenvalue weighted by Crippen LogP contribution is 2.31. The summed E-state index contributed by atoms with van der Waals surface area (Å²) >= 11 is 0. The van der Waals surface area contributed by atoms with Crippen molar-refractivity contribution >= 4 is 16.0 Å². The van der Waals surface area contributed by atoms with Crippen LogP contribution < -0.4 is 15.0 Å². The highest BCUT2D eigenvalue weighted by atomic mass is 32.2. The van der Waals surface area contributed by atoms with Crippen molar-refractivity contribution in [2.75, 3.05) is 25.0 Å². The van der Waals surface area contributed by atoms with Gasteiger partial charge in [0.05, 0.1) is 36.1 Å². The van der Waals surface area contributed by atoms with E-state index >= 15 is 0 Å². The number of hydrogen-bond acceptors (Lipinski definition) is 9. The van der Waals surface area contributed by atoms with E-state index in [1.54, 1.807) is 30.5 Å².